The van der Waals surface area contributed by atoms with E-state index in [-0.39, 0.29) is 0 Å². The topological polar surface area (TPSA) is 46.5 Å². The Morgan fingerprint density at radius 2 is 2.05 bits per heavy atom. The Bertz CT molecular complexity index is 533. The largest absolute Gasteiger partial charge is 0.478 e. The fourth-order valence-corrected chi connectivity index (χ4v) is 4.30. The average molecular weight is 306 g/mol. The molecule has 0 bridgehead atoms. The fraction of sp³-hybridized carbons (Fsp3) is 0.588. The Labute approximate surface area is 130 Å². The van der Waals surface area contributed by atoms with E-state index in [0.717, 1.165) is 24.2 Å². The molecule has 21 heavy (non-hydrogen) atoms. The molecule has 0 aromatic heterocycles. The van der Waals surface area contributed by atoms with Crippen molar-refractivity contribution in [3.63, 3.8) is 0 Å². The average Bonchev–Trinajstić information content (AvgIpc) is 3.22. The molecule has 1 aromatic carbocycles. The third-order valence-electron chi connectivity index (χ3n) is 4.52. The maximum Gasteiger partial charge on any atom is 0.336 e. The first-order valence-electron chi connectivity index (χ1n) is 7.74. The quantitative estimate of drug-likeness (QED) is 0.603. The van der Waals surface area contributed by atoms with Gasteiger partial charge < -0.3 is 9.84 Å². The molecule has 0 radical (unpaired) electrons. The number of thioether (sulfide) groups is 1. The molecule has 3 rings (SSSR count). The van der Waals surface area contributed by atoms with Crippen molar-refractivity contribution < 1.29 is 14.6 Å². The summed E-state index contributed by atoms with van der Waals surface area (Å²) in [7, 11) is 1.71. The molecule has 2 saturated carbocycles. The molecule has 0 amide bonds. The zero-order valence-electron chi connectivity index (χ0n) is 12.4. The van der Waals surface area contributed by atoms with Gasteiger partial charge in [0.25, 0.3) is 0 Å². The third-order valence-corrected chi connectivity index (χ3v) is 5.64. The van der Waals surface area contributed by atoms with Gasteiger partial charge in [-0.1, -0.05) is 12.5 Å². The lowest BCUT2D eigenvalue weighted by molar-refractivity contribution is 0.0695. The summed E-state index contributed by atoms with van der Waals surface area (Å²) in [6.45, 7) is 0.705. The number of aromatic carboxylic acids is 1. The minimum absolute atomic E-state index is 0.459. The van der Waals surface area contributed by atoms with Crippen LogP contribution < -0.4 is 0 Å². The molecule has 2 aliphatic carbocycles. The highest BCUT2D eigenvalue weighted by atomic mass is 32.2. The molecule has 0 unspecified atom stereocenters. The van der Waals surface area contributed by atoms with Crippen LogP contribution in [0.15, 0.2) is 17.0 Å². The molecule has 0 heterocycles. The number of carboxylic acids is 1. The van der Waals surface area contributed by atoms with Gasteiger partial charge in [0.1, 0.15) is 0 Å². The number of carboxylic acid groups (broad SMARTS) is 1. The van der Waals surface area contributed by atoms with Crippen LogP contribution in [0, 0.1) is 0 Å². The maximum absolute atomic E-state index is 11.6. The van der Waals surface area contributed by atoms with Crippen LogP contribution in [-0.4, -0.2) is 30.5 Å². The van der Waals surface area contributed by atoms with Crippen LogP contribution in [0.2, 0.25) is 0 Å². The summed E-state index contributed by atoms with van der Waals surface area (Å²) in [6, 6.07) is 3.90. The predicted octanol–water partition coefficient (Wildman–Crippen LogP) is 4.27. The monoisotopic (exact) mass is 306 g/mol. The zero-order chi connectivity index (χ0) is 14.8. The van der Waals surface area contributed by atoms with E-state index in [1.54, 1.807) is 18.9 Å². The number of hydrogen-bond acceptors (Lipinski definition) is 3. The van der Waals surface area contributed by atoms with E-state index in [1.165, 1.54) is 29.7 Å². The van der Waals surface area contributed by atoms with Crippen molar-refractivity contribution in [1.29, 1.82) is 0 Å². The number of ether oxygens (including phenoxy) is 1. The SMILES string of the molecule is COCCSc1c(C2CCC2)ccc(C(=O)O)c1C1CC1. The van der Waals surface area contributed by atoms with Gasteiger partial charge >= 0.3 is 5.97 Å². The molecule has 0 atom stereocenters. The molecule has 3 nitrogen and oxygen atoms in total. The number of methoxy groups -OCH3 is 1. The second-order valence-corrected chi connectivity index (χ2v) is 7.10. The highest BCUT2D eigenvalue weighted by Gasteiger charge is 2.34. The van der Waals surface area contributed by atoms with E-state index in [9.17, 15) is 9.90 Å². The van der Waals surface area contributed by atoms with Crippen molar-refractivity contribution in [1.82, 2.24) is 0 Å². The summed E-state index contributed by atoms with van der Waals surface area (Å²) in [5.41, 5.74) is 3.00. The van der Waals surface area contributed by atoms with Crippen LogP contribution in [0.1, 0.15) is 65.4 Å². The van der Waals surface area contributed by atoms with Gasteiger partial charge in [0, 0.05) is 17.8 Å². The van der Waals surface area contributed by atoms with Gasteiger partial charge in [0.05, 0.1) is 12.2 Å². The van der Waals surface area contributed by atoms with E-state index in [0.29, 0.717) is 24.0 Å². The van der Waals surface area contributed by atoms with Gasteiger partial charge in [0.15, 0.2) is 0 Å². The Hall–Kier alpha value is -1.00. The standard InChI is InChI=1S/C17H22O3S/c1-20-9-10-21-16-13(11-3-2-4-11)7-8-14(17(18)19)15(16)12-5-6-12/h7-8,11-12H,2-6,9-10H2,1H3,(H,18,19). The summed E-state index contributed by atoms with van der Waals surface area (Å²) in [6.07, 6.45) is 6.05. The number of benzene rings is 1. The Morgan fingerprint density at radius 1 is 1.29 bits per heavy atom. The lowest BCUT2D eigenvalue weighted by Gasteiger charge is -2.29. The van der Waals surface area contributed by atoms with Crippen molar-refractivity contribution in [2.75, 3.05) is 19.5 Å². The van der Waals surface area contributed by atoms with Crippen LogP contribution in [0.5, 0.6) is 0 Å². The van der Waals surface area contributed by atoms with E-state index >= 15 is 0 Å². The van der Waals surface area contributed by atoms with Crippen molar-refractivity contribution in [2.45, 2.75) is 48.8 Å². The van der Waals surface area contributed by atoms with Gasteiger partial charge in [0.2, 0.25) is 0 Å². The van der Waals surface area contributed by atoms with E-state index < -0.39 is 5.97 Å². The zero-order valence-corrected chi connectivity index (χ0v) is 13.2. The van der Waals surface area contributed by atoms with Gasteiger partial charge in [-0.3, -0.25) is 0 Å². The van der Waals surface area contributed by atoms with Crippen molar-refractivity contribution >= 4 is 17.7 Å². The highest BCUT2D eigenvalue weighted by molar-refractivity contribution is 7.99. The second kappa shape index (κ2) is 6.41. The summed E-state index contributed by atoms with van der Waals surface area (Å²) >= 11 is 1.79. The van der Waals surface area contributed by atoms with Gasteiger partial charge in [-0.15, -0.1) is 11.8 Å². The molecule has 0 spiro atoms. The Kier molecular flexibility index (Phi) is 4.55. The molecule has 2 aliphatic rings. The highest BCUT2D eigenvalue weighted by Crippen LogP contribution is 2.50. The van der Waals surface area contributed by atoms with Crippen LogP contribution in [0.25, 0.3) is 0 Å². The smallest absolute Gasteiger partial charge is 0.336 e. The molecular formula is C17H22O3S. The normalized spacial score (nSPS) is 18.5. The van der Waals surface area contributed by atoms with Crippen LogP contribution >= 0.6 is 11.8 Å². The molecule has 0 saturated heterocycles. The van der Waals surface area contributed by atoms with Gasteiger partial charge in [-0.2, -0.15) is 0 Å². The third kappa shape index (κ3) is 3.11. The lowest BCUT2D eigenvalue weighted by atomic mass is 9.79. The molecule has 1 aromatic rings. The first-order valence-corrected chi connectivity index (χ1v) is 8.72. The molecule has 1 N–H and O–H groups in total. The minimum atomic E-state index is -0.786. The van der Waals surface area contributed by atoms with Crippen molar-refractivity contribution in [3.05, 3.63) is 28.8 Å². The summed E-state index contributed by atoms with van der Waals surface area (Å²) in [5, 5.41) is 9.51. The first kappa shape index (κ1) is 14.9. The van der Waals surface area contributed by atoms with Crippen molar-refractivity contribution in [2.24, 2.45) is 0 Å². The van der Waals surface area contributed by atoms with Crippen LogP contribution in [0.4, 0.5) is 0 Å². The van der Waals surface area contributed by atoms with E-state index in [4.69, 9.17) is 4.74 Å². The summed E-state index contributed by atoms with van der Waals surface area (Å²) in [5.74, 6) is 1.20. The Morgan fingerprint density at radius 3 is 2.57 bits per heavy atom. The molecule has 2 fully saturated rings. The molecule has 4 heteroatoms. The number of hydrogen-bond donors (Lipinski definition) is 1. The maximum atomic E-state index is 11.6. The van der Waals surface area contributed by atoms with Gasteiger partial charge in [-0.05, 0) is 54.7 Å². The lowest BCUT2D eigenvalue weighted by Crippen LogP contribution is -2.13. The van der Waals surface area contributed by atoms with E-state index in [2.05, 4.69) is 6.07 Å². The second-order valence-electron chi connectivity index (χ2n) is 5.99. The Balaban J connectivity index is 1.99. The molecule has 0 aliphatic heterocycles. The predicted molar refractivity (Wildman–Crippen MR) is 84.6 cm³/mol. The number of rotatable bonds is 7. The van der Waals surface area contributed by atoms with E-state index in [1.807, 2.05) is 6.07 Å². The fourth-order valence-electron chi connectivity index (χ4n) is 3.01. The van der Waals surface area contributed by atoms with Crippen molar-refractivity contribution in [3.8, 4) is 0 Å². The molecular weight excluding hydrogens is 284 g/mol. The van der Waals surface area contributed by atoms with Gasteiger partial charge in [-0.25, -0.2) is 4.79 Å². The van der Waals surface area contributed by atoms with Crippen LogP contribution in [0.3, 0.4) is 0 Å². The number of carbonyl (C=O) groups is 1. The molecule has 114 valence electrons. The summed E-state index contributed by atoms with van der Waals surface area (Å²) < 4.78 is 5.16. The first-order chi connectivity index (χ1) is 10.2. The van der Waals surface area contributed by atoms with Crippen LogP contribution in [-0.2, 0) is 4.74 Å². The minimum Gasteiger partial charge on any atom is -0.478 e. The summed E-state index contributed by atoms with van der Waals surface area (Å²) in [4.78, 5) is 12.8.